The molecule has 1 fully saturated rings. The first-order valence-corrected chi connectivity index (χ1v) is 2.78. The van der Waals surface area contributed by atoms with E-state index in [9.17, 15) is 0 Å². The summed E-state index contributed by atoms with van der Waals surface area (Å²) in [5, 5.41) is 3.56. The fraction of sp³-hybridized carbons (Fsp3) is 1.00. The summed E-state index contributed by atoms with van der Waals surface area (Å²) in [4.78, 5) is 0. The van der Waals surface area contributed by atoms with Crippen molar-refractivity contribution < 1.29 is 0 Å². The first kappa shape index (κ1) is 13.0. The highest BCUT2D eigenvalue weighted by atomic mass is 35.5. The molecule has 10 heavy (non-hydrogen) atoms. The fourth-order valence-electron chi connectivity index (χ4n) is 0.737. The third-order valence-electron chi connectivity index (χ3n) is 1.35. The Balaban J connectivity index is 0. The minimum Gasteiger partial charge on any atom is -0.269 e. The van der Waals surface area contributed by atoms with E-state index in [2.05, 4.69) is 0 Å². The number of halogens is 2. The maximum Gasteiger partial charge on any atom is 0.0271 e. The van der Waals surface area contributed by atoms with E-state index in [1.807, 2.05) is 0 Å². The zero-order valence-corrected chi connectivity index (χ0v) is 7.33. The highest BCUT2D eigenvalue weighted by Gasteiger charge is 2.08. The average Bonchev–Trinajstić information content (AvgIpc) is 1.77. The van der Waals surface area contributed by atoms with Gasteiger partial charge >= 0.3 is 0 Å². The van der Waals surface area contributed by atoms with Gasteiger partial charge in [0, 0.05) is 26.2 Å². The predicted molar refractivity (Wildman–Crippen MR) is 46.0 cm³/mol. The van der Waals surface area contributed by atoms with Crippen LogP contribution in [0.25, 0.3) is 0 Å². The summed E-state index contributed by atoms with van der Waals surface area (Å²) in [5.41, 5.74) is 0. The summed E-state index contributed by atoms with van der Waals surface area (Å²) in [6.45, 7) is 3.54. The Morgan fingerprint density at radius 2 is 0.900 bits per heavy atom. The lowest BCUT2D eigenvalue weighted by Crippen LogP contribution is -2.51. The van der Waals surface area contributed by atoms with E-state index >= 15 is 0 Å². The van der Waals surface area contributed by atoms with Crippen molar-refractivity contribution >= 4 is 24.8 Å². The fourth-order valence-corrected chi connectivity index (χ4v) is 0.737. The van der Waals surface area contributed by atoms with Crippen molar-refractivity contribution in [2.75, 3.05) is 26.2 Å². The highest BCUT2D eigenvalue weighted by Crippen LogP contribution is 1.88. The molecular formula is C4H14Cl2N4. The Hall–Kier alpha value is 0.420. The van der Waals surface area contributed by atoms with Crippen LogP contribution in [-0.4, -0.2) is 36.2 Å². The van der Waals surface area contributed by atoms with Crippen LogP contribution in [0, 0.1) is 0 Å². The third kappa shape index (κ3) is 4.27. The largest absolute Gasteiger partial charge is 0.269 e. The van der Waals surface area contributed by atoms with Gasteiger partial charge in [0.25, 0.3) is 0 Å². The molecule has 1 saturated heterocycles. The van der Waals surface area contributed by atoms with Crippen LogP contribution in [0.5, 0.6) is 0 Å². The van der Waals surface area contributed by atoms with Gasteiger partial charge in [-0.15, -0.1) is 24.8 Å². The Bertz CT molecular complexity index is 63.7. The van der Waals surface area contributed by atoms with Crippen molar-refractivity contribution in [1.82, 2.24) is 10.0 Å². The number of hydrogen-bond acceptors (Lipinski definition) is 4. The molecular weight excluding hydrogens is 175 g/mol. The maximum atomic E-state index is 5.45. The molecule has 0 unspecified atom stereocenters. The molecule has 0 bridgehead atoms. The van der Waals surface area contributed by atoms with E-state index in [4.69, 9.17) is 11.7 Å². The molecule has 4 N–H and O–H groups in total. The molecule has 0 aromatic heterocycles. The lowest BCUT2D eigenvalue weighted by molar-refractivity contribution is 0.135. The quantitative estimate of drug-likeness (QED) is 0.489. The zero-order valence-electron chi connectivity index (χ0n) is 5.69. The van der Waals surface area contributed by atoms with Gasteiger partial charge in [-0.3, -0.25) is 11.7 Å². The molecule has 4 nitrogen and oxygen atoms in total. The third-order valence-corrected chi connectivity index (χ3v) is 1.35. The van der Waals surface area contributed by atoms with Gasteiger partial charge in [0.05, 0.1) is 0 Å². The van der Waals surface area contributed by atoms with E-state index < -0.39 is 0 Å². The van der Waals surface area contributed by atoms with E-state index in [1.165, 1.54) is 0 Å². The van der Waals surface area contributed by atoms with Crippen LogP contribution < -0.4 is 11.7 Å². The second-order valence-electron chi connectivity index (χ2n) is 2.07. The van der Waals surface area contributed by atoms with Crippen LogP contribution >= 0.6 is 24.8 Å². The summed E-state index contributed by atoms with van der Waals surface area (Å²) in [6.07, 6.45) is 0. The number of nitrogens with two attached hydrogens (primary N) is 2. The smallest absolute Gasteiger partial charge is 0.0271 e. The summed E-state index contributed by atoms with van der Waals surface area (Å²) >= 11 is 0. The molecule has 0 aromatic rings. The monoisotopic (exact) mass is 188 g/mol. The Morgan fingerprint density at radius 3 is 1.10 bits per heavy atom. The zero-order chi connectivity index (χ0) is 5.98. The van der Waals surface area contributed by atoms with Crippen LogP contribution in [0.15, 0.2) is 0 Å². The summed E-state index contributed by atoms with van der Waals surface area (Å²) in [5.74, 6) is 10.9. The van der Waals surface area contributed by atoms with Crippen molar-refractivity contribution in [1.29, 1.82) is 0 Å². The minimum absolute atomic E-state index is 0. The molecule has 1 aliphatic rings. The number of hydrazine groups is 2. The van der Waals surface area contributed by atoms with Crippen LogP contribution in [0.3, 0.4) is 0 Å². The summed E-state index contributed by atoms with van der Waals surface area (Å²) in [7, 11) is 0. The van der Waals surface area contributed by atoms with Gasteiger partial charge in [-0.1, -0.05) is 0 Å². The van der Waals surface area contributed by atoms with E-state index in [0.29, 0.717) is 0 Å². The second kappa shape index (κ2) is 6.15. The summed E-state index contributed by atoms with van der Waals surface area (Å²) in [6, 6.07) is 0. The highest BCUT2D eigenvalue weighted by molar-refractivity contribution is 5.85. The van der Waals surface area contributed by atoms with E-state index in [1.54, 1.807) is 10.0 Å². The van der Waals surface area contributed by atoms with Crippen LogP contribution in [0.2, 0.25) is 0 Å². The van der Waals surface area contributed by atoms with Gasteiger partial charge in [0.1, 0.15) is 0 Å². The molecule has 0 aliphatic carbocycles. The van der Waals surface area contributed by atoms with Crippen LogP contribution in [0.4, 0.5) is 0 Å². The second-order valence-corrected chi connectivity index (χ2v) is 2.07. The van der Waals surface area contributed by atoms with Crippen LogP contribution in [0.1, 0.15) is 0 Å². The normalized spacial score (nSPS) is 21.0. The molecule has 0 atom stereocenters. The lowest BCUT2D eigenvalue weighted by atomic mass is 10.4. The van der Waals surface area contributed by atoms with Gasteiger partial charge in [0.15, 0.2) is 0 Å². The van der Waals surface area contributed by atoms with Gasteiger partial charge in [0.2, 0.25) is 0 Å². The average molecular weight is 189 g/mol. The van der Waals surface area contributed by atoms with Gasteiger partial charge in [-0.2, -0.15) is 0 Å². The van der Waals surface area contributed by atoms with Crippen LogP contribution in [-0.2, 0) is 0 Å². The minimum atomic E-state index is 0. The molecule has 6 heteroatoms. The summed E-state index contributed by atoms with van der Waals surface area (Å²) < 4.78 is 0. The predicted octanol–water partition coefficient (Wildman–Crippen LogP) is -0.805. The molecule has 0 saturated carbocycles. The Morgan fingerprint density at radius 1 is 0.700 bits per heavy atom. The van der Waals surface area contributed by atoms with Crippen molar-refractivity contribution in [3.8, 4) is 0 Å². The first-order chi connectivity index (χ1) is 3.79. The van der Waals surface area contributed by atoms with Crippen molar-refractivity contribution in [2.45, 2.75) is 0 Å². The van der Waals surface area contributed by atoms with E-state index in [0.717, 1.165) is 26.2 Å². The molecule has 1 aliphatic heterocycles. The topological polar surface area (TPSA) is 58.5 Å². The number of piperazine rings is 1. The first-order valence-electron chi connectivity index (χ1n) is 2.78. The number of rotatable bonds is 0. The van der Waals surface area contributed by atoms with Gasteiger partial charge in [-0.25, -0.2) is 10.0 Å². The van der Waals surface area contributed by atoms with Crippen molar-refractivity contribution in [2.24, 2.45) is 11.7 Å². The van der Waals surface area contributed by atoms with Crippen molar-refractivity contribution in [3.05, 3.63) is 0 Å². The molecule has 1 heterocycles. The molecule has 1 rings (SSSR count). The molecule has 0 spiro atoms. The number of hydrogen-bond donors (Lipinski definition) is 2. The molecule has 0 amide bonds. The molecule has 64 valence electrons. The molecule has 0 aromatic carbocycles. The Kier molecular flexibility index (Phi) is 8.02. The lowest BCUT2D eigenvalue weighted by Gasteiger charge is -2.28. The Labute approximate surface area is 73.3 Å². The number of nitrogens with zero attached hydrogens (tertiary/aromatic N) is 2. The van der Waals surface area contributed by atoms with Gasteiger partial charge in [-0.05, 0) is 0 Å². The molecule has 0 radical (unpaired) electrons. The maximum absolute atomic E-state index is 5.45. The standard InChI is InChI=1S/C4H12N4.2ClH/c5-7-1-2-8(6)4-3-7;;/h1-6H2;2*1H. The van der Waals surface area contributed by atoms with Crippen molar-refractivity contribution in [3.63, 3.8) is 0 Å². The van der Waals surface area contributed by atoms with Gasteiger partial charge < -0.3 is 0 Å². The SMILES string of the molecule is Cl.Cl.NN1CCN(N)CC1. The van der Waals surface area contributed by atoms with E-state index in [-0.39, 0.29) is 24.8 Å².